The topological polar surface area (TPSA) is 105 Å². The lowest BCUT2D eigenvalue weighted by Gasteiger charge is -2.34. The van der Waals surface area contributed by atoms with E-state index < -0.39 is 16.5 Å². The van der Waals surface area contributed by atoms with Gasteiger partial charge in [-0.3, -0.25) is 24.9 Å². The molecule has 1 aliphatic heterocycles. The van der Waals surface area contributed by atoms with Crippen LogP contribution in [0.5, 0.6) is 5.88 Å². The molecule has 11 heteroatoms. The first-order valence-corrected chi connectivity index (χ1v) is 8.51. The van der Waals surface area contributed by atoms with E-state index in [0.717, 1.165) is 0 Å². The van der Waals surface area contributed by atoms with Crippen LogP contribution in [0.15, 0.2) is 18.2 Å². The second-order valence-electron chi connectivity index (χ2n) is 5.98. The van der Waals surface area contributed by atoms with Crippen LogP contribution in [-0.4, -0.2) is 64.1 Å². The molecule has 9 nitrogen and oxygen atoms in total. The maximum absolute atomic E-state index is 13.9. The lowest BCUT2D eigenvalue weighted by Crippen LogP contribution is -2.48. The van der Waals surface area contributed by atoms with Crippen LogP contribution in [0.25, 0.3) is 0 Å². The average Bonchev–Trinajstić information content (AvgIpc) is 3.09. The second kappa shape index (κ2) is 7.89. The van der Waals surface area contributed by atoms with E-state index in [1.807, 2.05) is 4.90 Å². The third-order valence-electron chi connectivity index (χ3n) is 4.40. The van der Waals surface area contributed by atoms with Crippen molar-refractivity contribution in [3.8, 4) is 5.88 Å². The van der Waals surface area contributed by atoms with Gasteiger partial charge in [0.2, 0.25) is 5.69 Å². The van der Waals surface area contributed by atoms with Gasteiger partial charge in [0, 0.05) is 43.3 Å². The summed E-state index contributed by atoms with van der Waals surface area (Å²) >= 11 is 6.05. The summed E-state index contributed by atoms with van der Waals surface area (Å²) in [5, 5.41) is 17.6. The Kier molecular flexibility index (Phi) is 5.57. The highest BCUT2D eigenvalue weighted by Crippen LogP contribution is 2.29. The molecule has 0 unspecified atom stereocenters. The number of nitrogens with zero attached hydrogens (tertiary/aromatic N) is 4. The standard InChI is InChI=1S/C16H17ClFN5O4/c1-27-15-14(23(25)26)13(19-20-15)16(24)22-7-5-21(6-8-22)9-10-11(17)3-2-4-12(10)18/h2-4H,5-9H2,1H3,(H,19,20). The molecule has 0 atom stereocenters. The number of piperazine rings is 1. The fourth-order valence-corrected chi connectivity index (χ4v) is 3.18. The summed E-state index contributed by atoms with van der Waals surface area (Å²) in [6.45, 7) is 1.96. The van der Waals surface area contributed by atoms with Gasteiger partial charge in [-0.05, 0) is 12.1 Å². The van der Waals surface area contributed by atoms with Crippen LogP contribution >= 0.6 is 11.6 Å². The normalized spacial score (nSPS) is 15.0. The monoisotopic (exact) mass is 397 g/mol. The van der Waals surface area contributed by atoms with Gasteiger partial charge in [-0.25, -0.2) is 4.39 Å². The number of carbonyl (C=O) groups is 1. The van der Waals surface area contributed by atoms with Crippen LogP contribution in [-0.2, 0) is 6.54 Å². The smallest absolute Gasteiger partial charge is 0.362 e. The summed E-state index contributed by atoms with van der Waals surface area (Å²) < 4.78 is 18.7. The first-order chi connectivity index (χ1) is 12.9. The van der Waals surface area contributed by atoms with E-state index in [1.165, 1.54) is 18.1 Å². The van der Waals surface area contributed by atoms with E-state index in [-0.39, 0.29) is 17.4 Å². The minimum absolute atomic E-state index is 0.220. The summed E-state index contributed by atoms with van der Waals surface area (Å²) in [5.74, 6) is -1.14. The summed E-state index contributed by atoms with van der Waals surface area (Å²) in [6, 6.07) is 4.53. The van der Waals surface area contributed by atoms with Gasteiger partial charge in [-0.1, -0.05) is 17.7 Å². The molecule has 3 rings (SSSR count). The quantitative estimate of drug-likeness (QED) is 0.611. The summed E-state index contributed by atoms with van der Waals surface area (Å²) in [6.07, 6.45) is 0. The molecule has 2 heterocycles. The number of carbonyl (C=O) groups excluding carboxylic acids is 1. The Morgan fingerprint density at radius 3 is 2.70 bits per heavy atom. The molecule has 0 saturated carbocycles. The highest BCUT2D eigenvalue weighted by molar-refractivity contribution is 6.31. The molecule has 0 radical (unpaired) electrons. The first-order valence-electron chi connectivity index (χ1n) is 8.13. The Balaban J connectivity index is 1.67. The molecule has 0 spiro atoms. The first kappa shape index (κ1) is 19.1. The number of halogens is 2. The molecule has 1 saturated heterocycles. The van der Waals surface area contributed by atoms with Crippen molar-refractivity contribution in [2.75, 3.05) is 33.3 Å². The highest BCUT2D eigenvalue weighted by Gasteiger charge is 2.34. The number of ether oxygens (including phenoxy) is 1. The number of amides is 1. The predicted octanol–water partition coefficient (Wildman–Crippen LogP) is 2.08. The van der Waals surface area contributed by atoms with Crippen molar-refractivity contribution in [1.29, 1.82) is 0 Å². The molecule has 1 aliphatic rings. The van der Waals surface area contributed by atoms with E-state index in [2.05, 4.69) is 10.2 Å². The maximum Gasteiger partial charge on any atom is 0.362 e. The molecule has 1 aromatic heterocycles. The van der Waals surface area contributed by atoms with Crippen LogP contribution in [0.2, 0.25) is 5.02 Å². The number of aromatic amines is 1. The van der Waals surface area contributed by atoms with Crippen LogP contribution in [0, 0.1) is 15.9 Å². The molecule has 1 amide bonds. The highest BCUT2D eigenvalue weighted by atomic mass is 35.5. The van der Waals surface area contributed by atoms with Gasteiger partial charge >= 0.3 is 11.6 Å². The number of aromatic nitrogens is 2. The number of benzene rings is 1. The van der Waals surface area contributed by atoms with Crippen LogP contribution < -0.4 is 4.74 Å². The number of nitro groups is 1. The van der Waals surface area contributed by atoms with E-state index in [1.54, 1.807) is 12.1 Å². The van der Waals surface area contributed by atoms with Gasteiger partial charge in [0.15, 0.2) is 0 Å². The van der Waals surface area contributed by atoms with Gasteiger partial charge < -0.3 is 9.64 Å². The molecule has 0 aliphatic carbocycles. The number of rotatable bonds is 5. The second-order valence-corrected chi connectivity index (χ2v) is 6.39. The number of hydrogen-bond donors (Lipinski definition) is 1. The van der Waals surface area contributed by atoms with Crippen LogP contribution in [0.1, 0.15) is 16.1 Å². The van der Waals surface area contributed by atoms with Gasteiger partial charge in [0.25, 0.3) is 5.91 Å². The lowest BCUT2D eigenvalue weighted by molar-refractivity contribution is -0.386. The lowest BCUT2D eigenvalue weighted by atomic mass is 10.1. The van der Waals surface area contributed by atoms with E-state index >= 15 is 0 Å². The minimum atomic E-state index is -0.702. The predicted molar refractivity (Wildman–Crippen MR) is 94.4 cm³/mol. The van der Waals surface area contributed by atoms with Crippen molar-refractivity contribution >= 4 is 23.2 Å². The van der Waals surface area contributed by atoms with E-state index in [9.17, 15) is 19.3 Å². The summed E-state index contributed by atoms with van der Waals surface area (Å²) in [5.41, 5.74) is -0.293. The van der Waals surface area contributed by atoms with Gasteiger partial charge in [0.05, 0.1) is 12.0 Å². The molecule has 1 aromatic carbocycles. The average molecular weight is 398 g/mol. The van der Waals surface area contributed by atoms with Crippen molar-refractivity contribution in [2.45, 2.75) is 6.54 Å². The van der Waals surface area contributed by atoms with Gasteiger partial charge in [-0.15, -0.1) is 5.10 Å². The molecule has 27 heavy (non-hydrogen) atoms. The molecule has 2 aromatic rings. The largest absolute Gasteiger partial charge is 0.475 e. The Morgan fingerprint density at radius 2 is 2.11 bits per heavy atom. The van der Waals surface area contributed by atoms with E-state index in [4.69, 9.17) is 16.3 Å². The van der Waals surface area contributed by atoms with Crippen molar-refractivity contribution < 1.29 is 18.8 Å². The molecular weight excluding hydrogens is 381 g/mol. The van der Waals surface area contributed by atoms with Crippen molar-refractivity contribution in [2.24, 2.45) is 0 Å². The molecule has 144 valence electrons. The number of nitrogens with one attached hydrogen (secondary N) is 1. The summed E-state index contributed by atoms with van der Waals surface area (Å²) in [4.78, 5) is 26.6. The molecule has 1 N–H and O–H groups in total. The fraction of sp³-hybridized carbons (Fsp3) is 0.375. The van der Waals surface area contributed by atoms with Crippen molar-refractivity contribution in [3.05, 3.63) is 50.4 Å². The number of hydrogen-bond acceptors (Lipinski definition) is 6. The fourth-order valence-electron chi connectivity index (χ4n) is 2.95. The van der Waals surface area contributed by atoms with Crippen molar-refractivity contribution in [1.82, 2.24) is 20.0 Å². The Bertz CT molecular complexity index is 846. The molecular formula is C16H17ClFN5O4. The molecule has 1 fully saturated rings. The van der Waals surface area contributed by atoms with Crippen molar-refractivity contribution in [3.63, 3.8) is 0 Å². The van der Waals surface area contributed by atoms with Gasteiger partial charge in [-0.2, -0.15) is 0 Å². The number of H-pyrrole nitrogens is 1. The number of methoxy groups -OCH3 is 1. The zero-order valence-corrected chi connectivity index (χ0v) is 15.2. The Labute approximate surface area is 158 Å². The third kappa shape index (κ3) is 3.86. The SMILES string of the molecule is COc1n[nH]c(C(=O)N2CCN(Cc3c(F)cccc3Cl)CC2)c1[N+](=O)[O-]. The zero-order valence-electron chi connectivity index (χ0n) is 14.4. The van der Waals surface area contributed by atoms with E-state index in [0.29, 0.717) is 43.3 Å². The summed E-state index contributed by atoms with van der Waals surface area (Å²) in [7, 11) is 1.24. The maximum atomic E-state index is 13.9. The Morgan fingerprint density at radius 1 is 1.41 bits per heavy atom. The Hall–Kier alpha value is -2.72. The zero-order chi connectivity index (χ0) is 19.6. The molecule has 0 bridgehead atoms. The minimum Gasteiger partial charge on any atom is -0.475 e. The van der Waals surface area contributed by atoms with Crippen LogP contribution in [0.4, 0.5) is 10.1 Å². The third-order valence-corrected chi connectivity index (χ3v) is 4.76. The van der Waals surface area contributed by atoms with Crippen LogP contribution in [0.3, 0.4) is 0 Å². The van der Waals surface area contributed by atoms with Gasteiger partial charge in [0.1, 0.15) is 5.82 Å².